The normalized spacial score (nSPS) is 25.9. The summed E-state index contributed by atoms with van der Waals surface area (Å²) in [4.78, 5) is 21.8. The van der Waals surface area contributed by atoms with Gasteiger partial charge in [-0.25, -0.2) is 4.57 Å². The maximum Gasteiger partial charge on any atom is 0.472 e. The maximum atomic E-state index is 12.2. The van der Waals surface area contributed by atoms with Crippen LogP contribution in [0.5, 0.6) is 0 Å². The fourth-order valence-electron chi connectivity index (χ4n) is 5.34. The van der Waals surface area contributed by atoms with Crippen LogP contribution in [0.3, 0.4) is 0 Å². The molecule has 6 unspecified atom stereocenters. The van der Waals surface area contributed by atoms with E-state index in [1.165, 1.54) is 96.3 Å². The number of hydrogen-bond acceptors (Lipinski definition) is 11. The lowest BCUT2D eigenvalue weighted by atomic mass is 9.85. The molecule has 262 valence electrons. The van der Waals surface area contributed by atoms with Gasteiger partial charge in [0.15, 0.2) is 0 Å². The molecular weight excluding hydrogens is 595 g/mol. The van der Waals surface area contributed by atoms with E-state index in [2.05, 4.69) is 16.0 Å². The number of carbonyl (C=O) groups excluding carboxylic acids is 1. The van der Waals surface area contributed by atoms with Crippen molar-refractivity contribution in [2.75, 3.05) is 13.2 Å². The van der Waals surface area contributed by atoms with Gasteiger partial charge in [-0.15, -0.1) is 0 Å². The van der Waals surface area contributed by atoms with Crippen LogP contribution in [0.2, 0.25) is 0 Å². The Morgan fingerprint density at radius 1 is 0.614 bits per heavy atom. The SMILES string of the molecule is CCCCCCCCCCCCCCCCCCCCCC(=O)OC[C@@H](O)COP(=O)(O)OC1C(O)C(O)C(O)[C@@H](O)C1O. The van der Waals surface area contributed by atoms with Gasteiger partial charge < -0.3 is 40.3 Å². The number of esters is 1. The Hall–Kier alpha value is -0.660. The third-order valence-corrected chi connectivity index (χ3v) is 9.16. The van der Waals surface area contributed by atoms with Crippen molar-refractivity contribution >= 4 is 13.8 Å². The third kappa shape index (κ3) is 18.5. The zero-order valence-electron chi connectivity index (χ0n) is 26.7. The van der Waals surface area contributed by atoms with Crippen LogP contribution >= 0.6 is 7.82 Å². The van der Waals surface area contributed by atoms with E-state index in [1.807, 2.05) is 0 Å². The number of aliphatic hydroxyl groups is 6. The molecule has 0 aromatic rings. The lowest BCUT2D eigenvalue weighted by molar-refractivity contribution is -0.220. The van der Waals surface area contributed by atoms with Crippen LogP contribution in [0.1, 0.15) is 135 Å². The van der Waals surface area contributed by atoms with Gasteiger partial charge in [0.25, 0.3) is 0 Å². The first-order valence-electron chi connectivity index (χ1n) is 16.9. The van der Waals surface area contributed by atoms with E-state index < -0.39 is 69.7 Å². The Balaban J connectivity index is 1.98. The van der Waals surface area contributed by atoms with E-state index >= 15 is 0 Å². The molecule has 1 saturated carbocycles. The number of aliphatic hydroxyl groups excluding tert-OH is 6. The quantitative estimate of drug-likeness (QED) is 0.0380. The molecule has 1 fully saturated rings. The highest BCUT2D eigenvalue weighted by molar-refractivity contribution is 7.47. The van der Waals surface area contributed by atoms with Crippen molar-refractivity contribution in [1.82, 2.24) is 0 Å². The minimum absolute atomic E-state index is 0.196. The summed E-state index contributed by atoms with van der Waals surface area (Å²) in [6, 6.07) is 0. The van der Waals surface area contributed by atoms with Crippen LogP contribution in [0.15, 0.2) is 0 Å². The Morgan fingerprint density at radius 3 is 1.39 bits per heavy atom. The molecule has 0 amide bonds. The number of unbranched alkanes of at least 4 members (excludes halogenated alkanes) is 18. The van der Waals surface area contributed by atoms with Crippen molar-refractivity contribution in [2.24, 2.45) is 0 Å². The molecule has 7 N–H and O–H groups in total. The van der Waals surface area contributed by atoms with Gasteiger partial charge >= 0.3 is 13.8 Å². The second-order valence-electron chi connectivity index (χ2n) is 12.2. The predicted molar refractivity (Wildman–Crippen MR) is 166 cm³/mol. The zero-order valence-corrected chi connectivity index (χ0v) is 27.6. The molecule has 44 heavy (non-hydrogen) atoms. The summed E-state index contributed by atoms with van der Waals surface area (Å²) < 4.78 is 26.4. The first-order chi connectivity index (χ1) is 21.0. The van der Waals surface area contributed by atoms with Crippen molar-refractivity contribution in [3.63, 3.8) is 0 Å². The summed E-state index contributed by atoms with van der Waals surface area (Å²) in [6.07, 6.45) is 10.9. The summed E-state index contributed by atoms with van der Waals surface area (Å²) in [6.45, 7) is 1.01. The molecule has 0 radical (unpaired) electrons. The van der Waals surface area contributed by atoms with Crippen molar-refractivity contribution in [1.29, 1.82) is 0 Å². The molecule has 0 aliphatic heterocycles. The average molecular weight is 657 g/mol. The highest BCUT2D eigenvalue weighted by Crippen LogP contribution is 2.47. The van der Waals surface area contributed by atoms with E-state index in [9.17, 15) is 44.9 Å². The monoisotopic (exact) mass is 656 g/mol. The average Bonchev–Trinajstić information content (AvgIpc) is 3.00. The van der Waals surface area contributed by atoms with Crippen LogP contribution in [0.25, 0.3) is 0 Å². The lowest BCUT2D eigenvalue weighted by Gasteiger charge is -2.41. The maximum absolute atomic E-state index is 12.2. The highest BCUT2D eigenvalue weighted by Gasteiger charge is 2.51. The fraction of sp³-hybridized carbons (Fsp3) is 0.968. The molecule has 0 aromatic heterocycles. The summed E-state index contributed by atoms with van der Waals surface area (Å²) >= 11 is 0. The predicted octanol–water partition coefficient (Wildman–Crippen LogP) is 4.03. The molecule has 0 spiro atoms. The van der Waals surface area contributed by atoms with Crippen LogP contribution in [0.4, 0.5) is 0 Å². The van der Waals surface area contributed by atoms with Gasteiger partial charge in [-0.2, -0.15) is 0 Å². The largest absolute Gasteiger partial charge is 0.472 e. The van der Waals surface area contributed by atoms with Gasteiger partial charge in [0.1, 0.15) is 49.3 Å². The van der Waals surface area contributed by atoms with E-state index in [1.54, 1.807) is 0 Å². The van der Waals surface area contributed by atoms with Crippen LogP contribution in [-0.2, 0) is 23.1 Å². The summed E-state index contributed by atoms with van der Waals surface area (Å²) in [5.41, 5.74) is 0. The number of hydrogen-bond donors (Lipinski definition) is 7. The van der Waals surface area contributed by atoms with E-state index in [-0.39, 0.29) is 6.42 Å². The highest BCUT2D eigenvalue weighted by atomic mass is 31.2. The fourth-order valence-corrected chi connectivity index (χ4v) is 6.32. The Labute approximate surface area is 263 Å². The Kier molecular flexibility index (Phi) is 23.0. The molecule has 0 bridgehead atoms. The second kappa shape index (κ2) is 24.5. The van der Waals surface area contributed by atoms with Crippen LogP contribution in [-0.4, -0.2) is 97.4 Å². The standard InChI is InChI=1S/C31H61O12P/c1-2-3-4-5-6-7-8-9-10-11-12-13-14-15-16-17-18-19-20-21-25(33)41-22-24(32)23-42-44(39,40)43-31-29(37)27(35)26(34)28(36)30(31)38/h24,26-32,34-38H,2-23H2,1H3,(H,39,40)/t24-,26?,27-,28?,29?,30?,31?/m1/s1. The number of rotatable bonds is 27. The number of phosphoric ester groups is 1. The molecule has 0 saturated heterocycles. The lowest BCUT2D eigenvalue weighted by Crippen LogP contribution is -2.64. The Bertz CT molecular complexity index is 756. The van der Waals surface area contributed by atoms with Crippen molar-refractivity contribution in [3.8, 4) is 0 Å². The van der Waals surface area contributed by atoms with E-state index in [0.717, 1.165) is 19.3 Å². The molecule has 13 heteroatoms. The number of carbonyl (C=O) groups is 1. The molecule has 0 aromatic carbocycles. The molecule has 1 rings (SSSR count). The summed E-state index contributed by atoms with van der Waals surface area (Å²) in [5.74, 6) is -0.505. The Morgan fingerprint density at radius 2 is 0.977 bits per heavy atom. The molecule has 1 aliphatic carbocycles. The first-order valence-corrected chi connectivity index (χ1v) is 18.4. The minimum atomic E-state index is -4.98. The van der Waals surface area contributed by atoms with Crippen LogP contribution in [0, 0.1) is 0 Å². The zero-order chi connectivity index (χ0) is 32.8. The van der Waals surface area contributed by atoms with Gasteiger partial charge in [0, 0.05) is 6.42 Å². The van der Waals surface area contributed by atoms with E-state index in [0.29, 0.717) is 6.42 Å². The van der Waals surface area contributed by atoms with Gasteiger partial charge in [0.05, 0.1) is 6.61 Å². The minimum Gasteiger partial charge on any atom is -0.463 e. The number of ether oxygens (including phenoxy) is 1. The molecule has 8 atom stereocenters. The molecular formula is C31H61O12P. The molecule has 0 heterocycles. The van der Waals surface area contributed by atoms with Gasteiger partial charge in [-0.05, 0) is 6.42 Å². The third-order valence-electron chi connectivity index (χ3n) is 8.18. The van der Waals surface area contributed by atoms with Crippen molar-refractivity contribution in [2.45, 2.75) is 178 Å². The summed E-state index contributed by atoms with van der Waals surface area (Å²) in [5, 5.41) is 58.7. The number of phosphoric acid groups is 1. The smallest absolute Gasteiger partial charge is 0.463 e. The van der Waals surface area contributed by atoms with Crippen molar-refractivity contribution in [3.05, 3.63) is 0 Å². The van der Waals surface area contributed by atoms with Crippen molar-refractivity contribution < 1.29 is 58.7 Å². The van der Waals surface area contributed by atoms with Gasteiger partial charge in [0.2, 0.25) is 0 Å². The van der Waals surface area contributed by atoms with Gasteiger partial charge in [-0.1, -0.05) is 122 Å². The van der Waals surface area contributed by atoms with E-state index in [4.69, 9.17) is 4.74 Å². The first kappa shape index (κ1) is 41.4. The summed E-state index contributed by atoms with van der Waals surface area (Å²) in [7, 11) is -4.98. The molecule has 12 nitrogen and oxygen atoms in total. The second-order valence-corrected chi connectivity index (χ2v) is 13.6. The van der Waals surface area contributed by atoms with Gasteiger partial charge in [-0.3, -0.25) is 13.8 Å². The molecule has 1 aliphatic rings. The van der Waals surface area contributed by atoms with Crippen LogP contribution < -0.4 is 0 Å². The topological polar surface area (TPSA) is 203 Å².